The number of rotatable bonds is 3. The zero-order chi connectivity index (χ0) is 13.2. The topological polar surface area (TPSA) is 24.9 Å². The predicted molar refractivity (Wildman–Crippen MR) is 76.8 cm³/mol. The van der Waals surface area contributed by atoms with Gasteiger partial charge in [0.15, 0.2) is 0 Å². The van der Waals surface area contributed by atoms with Gasteiger partial charge >= 0.3 is 0 Å². The summed E-state index contributed by atoms with van der Waals surface area (Å²) >= 11 is 0. The van der Waals surface area contributed by atoms with Crippen LogP contribution < -0.4 is 5.32 Å². The third kappa shape index (κ3) is 3.11. The van der Waals surface area contributed by atoms with E-state index in [2.05, 4.69) is 50.3 Å². The lowest BCUT2D eigenvalue weighted by Gasteiger charge is -2.35. The van der Waals surface area contributed by atoms with Crippen LogP contribution in [0.25, 0.3) is 0 Å². The summed E-state index contributed by atoms with van der Waals surface area (Å²) in [6, 6.07) is 4.86. The molecule has 0 fully saturated rings. The van der Waals surface area contributed by atoms with E-state index in [4.69, 9.17) is 0 Å². The fourth-order valence-corrected chi connectivity index (χ4v) is 3.14. The molecular formula is C16H26N2. The lowest BCUT2D eigenvalue weighted by Crippen LogP contribution is -2.37. The van der Waals surface area contributed by atoms with E-state index in [1.165, 1.54) is 36.9 Å². The lowest BCUT2D eigenvalue weighted by atomic mass is 9.76. The van der Waals surface area contributed by atoms with Gasteiger partial charge in [-0.15, -0.1) is 0 Å². The Balaban J connectivity index is 2.22. The van der Waals surface area contributed by atoms with Crippen LogP contribution >= 0.6 is 0 Å². The third-order valence-corrected chi connectivity index (χ3v) is 3.93. The Labute approximate surface area is 111 Å². The molecular weight excluding hydrogens is 220 g/mol. The number of aromatic nitrogens is 1. The second-order valence-corrected chi connectivity index (χ2v) is 6.71. The van der Waals surface area contributed by atoms with Crippen molar-refractivity contribution in [1.82, 2.24) is 10.3 Å². The van der Waals surface area contributed by atoms with Crippen molar-refractivity contribution in [2.75, 3.05) is 7.05 Å². The van der Waals surface area contributed by atoms with Crippen molar-refractivity contribution >= 4 is 0 Å². The number of pyridine rings is 1. The van der Waals surface area contributed by atoms with Gasteiger partial charge in [0.25, 0.3) is 0 Å². The maximum atomic E-state index is 4.66. The normalized spacial score (nSPS) is 21.4. The van der Waals surface area contributed by atoms with Crippen LogP contribution in [-0.4, -0.2) is 18.1 Å². The zero-order valence-corrected chi connectivity index (χ0v) is 12.2. The predicted octanol–water partition coefficient (Wildman–Crippen LogP) is 3.53. The first-order valence-corrected chi connectivity index (χ1v) is 7.12. The summed E-state index contributed by atoms with van der Waals surface area (Å²) in [5.41, 5.74) is 3.16. The number of aryl methyl sites for hydroxylation is 1. The minimum absolute atomic E-state index is 0.361. The van der Waals surface area contributed by atoms with Crippen molar-refractivity contribution in [2.24, 2.45) is 5.41 Å². The Bertz CT molecular complexity index is 392. The van der Waals surface area contributed by atoms with Crippen LogP contribution in [0.3, 0.4) is 0 Å². The molecule has 0 aliphatic heterocycles. The van der Waals surface area contributed by atoms with Crippen molar-refractivity contribution in [1.29, 1.82) is 0 Å². The first-order valence-electron chi connectivity index (χ1n) is 7.12. The molecule has 0 amide bonds. The molecule has 1 aliphatic rings. The summed E-state index contributed by atoms with van der Waals surface area (Å²) in [4.78, 5) is 4.66. The molecule has 1 aromatic rings. The molecule has 100 valence electrons. The zero-order valence-electron chi connectivity index (χ0n) is 12.2. The maximum Gasteiger partial charge on any atom is 0.0481 e. The molecule has 1 aromatic heterocycles. The molecule has 0 radical (unpaired) electrons. The minimum Gasteiger partial charge on any atom is -0.316 e. The number of likely N-dealkylation sites (N-methyl/N-ethyl adjacent to an activating group) is 1. The Morgan fingerprint density at radius 2 is 2.22 bits per heavy atom. The summed E-state index contributed by atoms with van der Waals surface area (Å²) in [5, 5.41) is 3.53. The fraction of sp³-hybridized carbons (Fsp3) is 0.688. The highest BCUT2D eigenvalue weighted by atomic mass is 14.9. The summed E-state index contributed by atoms with van der Waals surface area (Å²) in [6.07, 6.45) is 6.91. The van der Waals surface area contributed by atoms with Crippen LogP contribution in [0.4, 0.5) is 0 Å². The molecule has 0 spiro atoms. The average Bonchev–Trinajstić information content (AvgIpc) is 2.34. The second kappa shape index (κ2) is 5.40. The third-order valence-electron chi connectivity index (χ3n) is 3.93. The van der Waals surface area contributed by atoms with Crippen molar-refractivity contribution < 1.29 is 0 Å². The molecule has 2 unspecified atom stereocenters. The first kappa shape index (κ1) is 13.5. The van der Waals surface area contributed by atoms with Crippen LogP contribution in [-0.2, 0) is 6.42 Å². The van der Waals surface area contributed by atoms with Gasteiger partial charge in [-0.2, -0.15) is 0 Å². The van der Waals surface area contributed by atoms with Crippen molar-refractivity contribution in [3.05, 3.63) is 29.6 Å². The van der Waals surface area contributed by atoms with E-state index in [9.17, 15) is 0 Å². The van der Waals surface area contributed by atoms with E-state index >= 15 is 0 Å². The standard InChI is InChI=1S/C16H26N2/c1-16(2,3)11-14(17-4)13-9-5-7-12-8-6-10-18-15(12)13/h6,8,10,13-14,17H,5,7,9,11H2,1-4H3. The van der Waals surface area contributed by atoms with E-state index in [1.807, 2.05) is 6.20 Å². The second-order valence-electron chi connectivity index (χ2n) is 6.71. The first-order chi connectivity index (χ1) is 8.51. The van der Waals surface area contributed by atoms with E-state index in [0.717, 1.165) is 0 Å². The molecule has 0 saturated heterocycles. The Kier molecular flexibility index (Phi) is 4.06. The molecule has 2 heteroatoms. The highest BCUT2D eigenvalue weighted by Gasteiger charge is 2.30. The number of hydrogen-bond acceptors (Lipinski definition) is 2. The van der Waals surface area contributed by atoms with Gasteiger partial charge in [-0.1, -0.05) is 26.8 Å². The van der Waals surface area contributed by atoms with Gasteiger partial charge in [0.05, 0.1) is 0 Å². The van der Waals surface area contributed by atoms with Crippen LogP contribution in [0, 0.1) is 5.41 Å². The SMILES string of the molecule is CNC(CC(C)(C)C)C1CCCc2cccnc21. The summed E-state index contributed by atoms with van der Waals surface area (Å²) < 4.78 is 0. The van der Waals surface area contributed by atoms with E-state index in [0.29, 0.717) is 17.4 Å². The van der Waals surface area contributed by atoms with Gasteiger partial charge in [-0.3, -0.25) is 4.98 Å². The van der Waals surface area contributed by atoms with Gasteiger partial charge < -0.3 is 5.32 Å². The Morgan fingerprint density at radius 3 is 2.89 bits per heavy atom. The lowest BCUT2D eigenvalue weighted by molar-refractivity contribution is 0.275. The molecule has 2 atom stereocenters. The Morgan fingerprint density at radius 1 is 1.44 bits per heavy atom. The molecule has 18 heavy (non-hydrogen) atoms. The van der Waals surface area contributed by atoms with Crippen molar-refractivity contribution in [3.8, 4) is 0 Å². The number of hydrogen-bond donors (Lipinski definition) is 1. The number of nitrogens with zero attached hydrogens (tertiary/aromatic N) is 1. The molecule has 2 nitrogen and oxygen atoms in total. The van der Waals surface area contributed by atoms with Gasteiger partial charge in [-0.25, -0.2) is 0 Å². The van der Waals surface area contributed by atoms with Gasteiger partial charge in [-0.05, 0) is 49.8 Å². The van der Waals surface area contributed by atoms with Gasteiger partial charge in [0.1, 0.15) is 0 Å². The molecule has 1 N–H and O–H groups in total. The van der Waals surface area contributed by atoms with Crippen LogP contribution in [0.15, 0.2) is 18.3 Å². The molecule has 0 bridgehead atoms. The maximum absolute atomic E-state index is 4.66. The fourth-order valence-electron chi connectivity index (χ4n) is 3.14. The van der Waals surface area contributed by atoms with Crippen LogP contribution in [0.2, 0.25) is 0 Å². The summed E-state index contributed by atoms with van der Waals surface area (Å²) in [5.74, 6) is 0.583. The highest BCUT2D eigenvalue weighted by Crippen LogP contribution is 2.36. The molecule has 0 saturated carbocycles. The van der Waals surface area contributed by atoms with E-state index in [1.54, 1.807) is 0 Å². The quantitative estimate of drug-likeness (QED) is 0.882. The average molecular weight is 246 g/mol. The van der Waals surface area contributed by atoms with Crippen molar-refractivity contribution in [3.63, 3.8) is 0 Å². The summed E-state index contributed by atoms with van der Waals surface area (Å²) in [6.45, 7) is 6.96. The largest absolute Gasteiger partial charge is 0.316 e. The van der Waals surface area contributed by atoms with E-state index in [-0.39, 0.29) is 0 Å². The minimum atomic E-state index is 0.361. The van der Waals surface area contributed by atoms with Crippen LogP contribution in [0.1, 0.15) is 57.2 Å². The number of nitrogens with one attached hydrogen (secondary N) is 1. The molecule has 1 aliphatic carbocycles. The van der Waals surface area contributed by atoms with E-state index < -0.39 is 0 Å². The number of fused-ring (bicyclic) bond motifs is 1. The highest BCUT2D eigenvalue weighted by molar-refractivity contribution is 5.27. The monoisotopic (exact) mass is 246 g/mol. The van der Waals surface area contributed by atoms with Gasteiger partial charge in [0.2, 0.25) is 0 Å². The smallest absolute Gasteiger partial charge is 0.0481 e. The molecule has 2 rings (SSSR count). The summed E-state index contributed by atoms with van der Waals surface area (Å²) in [7, 11) is 2.09. The molecule has 0 aromatic carbocycles. The van der Waals surface area contributed by atoms with Crippen molar-refractivity contribution in [2.45, 2.75) is 58.4 Å². The van der Waals surface area contributed by atoms with Gasteiger partial charge in [0, 0.05) is 23.9 Å². The molecule has 1 heterocycles. The Hall–Kier alpha value is -0.890. The van der Waals surface area contributed by atoms with Crippen LogP contribution in [0.5, 0.6) is 0 Å².